The number of hydrogen-bond acceptors (Lipinski definition) is 3. The molecule has 5 nitrogen and oxygen atoms in total. The van der Waals surface area contributed by atoms with Crippen LogP contribution >= 0.6 is 0 Å². The zero-order valence-corrected chi connectivity index (χ0v) is 11.6. The van der Waals surface area contributed by atoms with Crippen molar-refractivity contribution >= 4 is 17.6 Å². The maximum atomic E-state index is 11.1. The van der Waals surface area contributed by atoms with Crippen LogP contribution in [0.3, 0.4) is 0 Å². The van der Waals surface area contributed by atoms with E-state index < -0.39 is 11.9 Å². The van der Waals surface area contributed by atoms with Crippen molar-refractivity contribution in [3.63, 3.8) is 0 Å². The van der Waals surface area contributed by atoms with E-state index in [1.165, 1.54) is 0 Å². The Labute approximate surface area is 122 Å². The van der Waals surface area contributed by atoms with Gasteiger partial charge in [-0.25, -0.2) is 4.79 Å². The number of amides is 1. The lowest BCUT2D eigenvalue weighted by Gasteiger charge is -2.11. The van der Waals surface area contributed by atoms with Crippen LogP contribution in [-0.4, -0.2) is 17.0 Å². The van der Waals surface area contributed by atoms with Crippen LogP contribution in [0.1, 0.15) is 31.8 Å². The molecule has 0 unspecified atom stereocenters. The van der Waals surface area contributed by atoms with Crippen molar-refractivity contribution in [2.75, 3.05) is 5.32 Å². The molecule has 0 aromatic heterocycles. The van der Waals surface area contributed by atoms with Crippen molar-refractivity contribution in [2.24, 2.45) is 5.73 Å². The number of primary amides is 1. The summed E-state index contributed by atoms with van der Waals surface area (Å²) in [4.78, 5) is 22.0. The van der Waals surface area contributed by atoms with Gasteiger partial charge in [0.15, 0.2) is 0 Å². The minimum absolute atomic E-state index is 0.258. The van der Waals surface area contributed by atoms with E-state index in [-0.39, 0.29) is 5.56 Å². The average Bonchev–Trinajstić information content (AvgIpc) is 2.46. The number of carbonyl (C=O) groups excluding carboxylic acids is 1. The van der Waals surface area contributed by atoms with Gasteiger partial charge in [0, 0.05) is 17.8 Å². The molecule has 5 heteroatoms. The monoisotopic (exact) mass is 284 g/mol. The number of benzene rings is 2. The summed E-state index contributed by atoms with van der Waals surface area (Å²) in [5.41, 5.74) is 8.59. The molecule has 108 valence electrons. The molecule has 0 bridgehead atoms. The van der Waals surface area contributed by atoms with Crippen LogP contribution < -0.4 is 11.1 Å². The zero-order chi connectivity index (χ0) is 15.4. The Morgan fingerprint density at radius 3 is 2.52 bits per heavy atom. The number of nitrogens with two attached hydrogens (primary N) is 1. The van der Waals surface area contributed by atoms with Gasteiger partial charge in [-0.2, -0.15) is 0 Å². The molecule has 0 aliphatic carbocycles. The van der Waals surface area contributed by atoms with Crippen LogP contribution in [0.4, 0.5) is 5.69 Å². The van der Waals surface area contributed by atoms with Gasteiger partial charge in [0.25, 0.3) is 0 Å². The first-order valence-corrected chi connectivity index (χ1v) is 6.44. The summed E-state index contributed by atoms with van der Waals surface area (Å²) < 4.78 is 0. The Morgan fingerprint density at radius 1 is 1.14 bits per heavy atom. The predicted octanol–water partition coefficient (Wildman–Crippen LogP) is 2.40. The summed E-state index contributed by atoms with van der Waals surface area (Å²) >= 11 is 0. The fraction of sp³-hybridized carbons (Fsp3) is 0.125. The molecule has 2 aromatic carbocycles. The van der Waals surface area contributed by atoms with Crippen molar-refractivity contribution in [3.05, 3.63) is 64.7 Å². The third-order valence-electron chi connectivity index (χ3n) is 3.17. The van der Waals surface area contributed by atoms with Crippen molar-refractivity contribution in [1.29, 1.82) is 0 Å². The number of aryl methyl sites for hydroxylation is 1. The molecule has 2 aromatic rings. The number of carboxylic acids is 1. The molecule has 0 fully saturated rings. The van der Waals surface area contributed by atoms with Gasteiger partial charge in [0.1, 0.15) is 0 Å². The molecule has 0 aliphatic rings. The van der Waals surface area contributed by atoms with Gasteiger partial charge in [-0.05, 0) is 48.4 Å². The standard InChI is InChI=1S/C16H16N2O3/c1-10-7-13(16(20)21)5-6-14(10)18-9-11-3-2-4-12(8-11)15(17)19/h2-8,18H,9H2,1H3,(H2,17,19)(H,20,21). The van der Waals surface area contributed by atoms with Crippen LogP contribution in [-0.2, 0) is 6.54 Å². The number of rotatable bonds is 5. The zero-order valence-electron chi connectivity index (χ0n) is 11.6. The number of carbonyl (C=O) groups is 2. The molecule has 0 spiro atoms. The first-order valence-electron chi connectivity index (χ1n) is 6.44. The van der Waals surface area contributed by atoms with Crippen LogP contribution in [0.2, 0.25) is 0 Å². The third kappa shape index (κ3) is 3.60. The minimum Gasteiger partial charge on any atom is -0.478 e. The smallest absolute Gasteiger partial charge is 0.335 e. The highest BCUT2D eigenvalue weighted by Gasteiger charge is 2.06. The first kappa shape index (κ1) is 14.6. The second-order valence-corrected chi connectivity index (χ2v) is 4.75. The fourth-order valence-corrected chi connectivity index (χ4v) is 2.03. The molecular weight excluding hydrogens is 268 g/mol. The molecule has 0 atom stereocenters. The average molecular weight is 284 g/mol. The quantitative estimate of drug-likeness (QED) is 0.786. The van der Waals surface area contributed by atoms with E-state index in [4.69, 9.17) is 10.8 Å². The maximum Gasteiger partial charge on any atom is 0.335 e. The third-order valence-corrected chi connectivity index (χ3v) is 3.17. The predicted molar refractivity (Wildman–Crippen MR) is 80.4 cm³/mol. The van der Waals surface area contributed by atoms with E-state index in [1.807, 2.05) is 13.0 Å². The number of aromatic carboxylic acids is 1. The molecule has 4 N–H and O–H groups in total. The molecule has 0 radical (unpaired) electrons. The number of carboxylic acid groups (broad SMARTS) is 1. The van der Waals surface area contributed by atoms with Gasteiger partial charge in [0.05, 0.1) is 5.56 Å². The Balaban J connectivity index is 2.11. The molecule has 0 saturated carbocycles. The van der Waals surface area contributed by atoms with Gasteiger partial charge in [0.2, 0.25) is 5.91 Å². The van der Waals surface area contributed by atoms with E-state index in [9.17, 15) is 9.59 Å². The highest BCUT2D eigenvalue weighted by molar-refractivity contribution is 5.92. The molecule has 0 aliphatic heterocycles. The first-order chi connectivity index (χ1) is 9.97. The van der Waals surface area contributed by atoms with Crippen LogP contribution in [0.5, 0.6) is 0 Å². The minimum atomic E-state index is -0.946. The number of anilines is 1. The second-order valence-electron chi connectivity index (χ2n) is 4.75. The second kappa shape index (κ2) is 6.09. The van der Waals surface area contributed by atoms with E-state index >= 15 is 0 Å². The Hall–Kier alpha value is -2.82. The Morgan fingerprint density at radius 2 is 1.90 bits per heavy atom. The van der Waals surface area contributed by atoms with Crippen molar-refractivity contribution in [1.82, 2.24) is 0 Å². The van der Waals surface area contributed by atoms with Gasteiger partial charge in [-0.1, -0.05) is 12.1 Å². The van der Waals surface area contributed by atoms with E-state index in [0.29, 0.717) is 12.1 Å². The lowest BCUT2D eigenvalue weighted by Crippen LogP contribution is -2.11. The summed E-state index contributed by atoms with van der Waals surface area (Å²) in [6.45, 7) is 2.36. The van der Waals surface area contributed by atoms with Crippen molar-refractivity contribution in [3.8, 4) is 0 Å². The fourth-order valence-electron chi connectivity index (χ4n) is 2.03. The summed E-state index contributed by atoms with van der Waals surface area (Å²) in [7, 11) is 0. The maximum absolute atomic E-state index is 11.1. The summed E-state index contributed by atoms with van der Waals surface area (Å²) in [5, 5.41) is 12.1. The summed E-state index contributed by atoms with van der Waals surface area (Å²) in [6, 6.07) is 12.0. The van der Waals surface area contributed by atoms with E-state index in [2.05, 4.69) is 5.32 Å². The van der Waals surface area contributed by atoms with Crippen molar-refractivity contribution in [2.45, 2.75) is 13.5 Å². The highest BCUT2D eigenvalue weighted by Crippen LogP contribution is 2.18. The van der Waals surface area contributed by atoms with Crippen LogP contribution in [0.15, 0.2) is 42.5 Å². The van der Waals surface area contributed by atoms with Crippen LogP contribution in [0.25, 0.3) is 0 Å². The normalized spacial score (nSPS) is 10.1. The van der Waals surface area contributed by atoms with Gasteiger partial charge >= 0.3 is 5.97 Å². The molecule has 0 heterocycles. The summed E-state index contributed by atoms with van der Waals surface area (Å²) in [6.07, 6.45) is 0. The topological polar surface area (TPSA) is 92.4 Å². The lowest BCUT2D eigenvalue weighted by atomic mass is 10.1. The molecule has 0 saturated heterocycles. The largest absolute Gasteiger partial charge is 0.478 e. The van der Waals surface area contributed by atoms with Crippen molar-refractivity contribution < 1.29 is 14.7 Å². The van der Waals surface area contributed by atoms with Gasteiger partial charge in [-0.15, -0.1) is 0 Å². The Kier molecular flexibility index (Phi) is 4.23. The number of nitrogens with one attached hydrogen (secondary N) is 1. The van der Waals surface area contributed by atoms with Crippen LogP contribution in [0, 0.1) is 6.92 Å². The number of hydrogen-bond donors (Lipinski definition) is 3. The highest BCUT2D eigenvalue weighted by atomic mass is 16.4. The molecule has 1 amide bonds. The SMILES string of the molecule is Cc1cc(C(=O)O)ccc1NCc1cccc(C(N)=O)c1. The molecule has 2 rings (SSSR count). The molecule has 21 heavy (non-hydrogen) atoms. The van der Waals surface area contributed by atoms with Gasteiger partial charge in [-0.3, -0.25) is 4.79 Å². The molecular formula is C16H16N2O3. The van der Waals surface area contributed by atoms with E-state index in [0.717, 1.165) is 16.8 Å². The lowest BCUT2D eigenvalue weighted by molar-refractivity contribution is 0.0696. The summed E-state index contributed by atoms with van der Waals surface area (Å²) in [5.74, 6) is -1.40. The van der Waals surface area contributed by atoms with E-state index in [1.54, 1.807) is 36.4 Å². The van der Waals surface area contributed by atoms with Gasteiger partial charge < -0.3 is 16.2 Å². The Bertz CT molecular complexity index is 696.